The van der Waals surface area contributed by atoms with Gasteiger partial charge in [-0.1, -0.05) is 6.92 Å². The highest BCUT2D eigenvalue weighted by molar-refractivity contribution is 5.92. The third-order valence-corrected chi connectivity index (χ3v) is 3.42. The normalized spacial score (nSPS) is 21.4. The Morgan fingerprint density at radius 3 is 2.53 bits per heavy atom. The number of amides is 2. The number of carbonyl (C=O) groups excluding carboxylic acids is 1. The van der Waals surface area contributed by atoms with Gasteiger partial charge >= 0.3 is 12.0 Å². The lowest BCUT2D eigenvalue weighted by Crippen LogP contribution is -2.45. The molecule has 2 amide bonds. The average molecular weight is 262 g/mol. The number of carboxylic acid groups (broad SMARTS) is 1. The van der Waals surface area contributed by atoms with Crippen LogP contribution in [0.15, 0.2) is 18.2 Å². The van der Waals surface area contributed by atoms with Crippen LogP contribution in [0.5, 0.6) is 0 Å². The molecule has 0 spiro atoms. The number of aryl methyl sites for hydroxylation is 1. The Bertz CT molecular complexity index is 507. The van der Waals surface area contributed by atoms with Crippen molar-refractivity contribution < 1.29 is 14.7 Å². The van der Waals surface area contributed by atoms with Crippen LogP contribution in [-0.2, 0) is 0 Å². The van der Waals surface area contributed by atoms with Gasteiger partial charge < -0.3 is 15.7 Å². The molecule has 0 heterocycles. The largest absolute Gasteiger partial charge is 0.478 e. The molecule has 5 heteroatoms. The van der Waals surface area contributed by atoms with Crippen molar-refractivity contribution in [3.05, 3.63) is 29.3 Å². The minimum atomic E-state index is -0.961. The lowest BCUT2D eigenvalue weighted by molar-refractivity contribution is 0.0696. The lowest BCUT2D eigenvalue weighted by atomic mass is 9.82. The Balaban J connectivity index is 1.93. The highest BCUT2D eigenvalue weighted by Gasteiger charge is 2.26. The van der Waals surface area contributed by atoms with Gasteiger partial charge in [0, 0.05) is 11.7 Å². The van der Waals surface area contributed by atoms with Crippen LogP contribution in [0.4, 0.5) is 10.5 Å². The minimum absolute atomic E-state index is 0.237. The van der Waals surface area contributed by atoms with Gasteiger partial charge in [-0.05, 0) is 49.4 Å². The number of urea groups is 1. The fourth-order valence-corrected chi connectivity index (χ4v) is 2.35. The monoisotopic (exact) mass is 262 g/mol. The Labute approximate surface area is 112 Å². The summed E-state index contributed by atoms with van der Waals surface area (Å²) in [6.07, 6.45) is 2.04. The molecule has 1 aromatic rings. The van der Waals surface area contributed by atoms with Gasteiger partial charge in [0.05, 0.1) is 5.56 Å². The van der Waals surface area contributed by atoms with Crippen LogP contribution in [0.3, 0.4) is 0 Å². The van der Waals surface area contributed by atoms with Gasteiger partial charge in [0.25, 0.3) is 0 Å². The van der Waals surface area contributed by atoms with E-state index in [1.165, 1.54) is 6.07 Å². The molecule has 1 aromatic carbocycles. The van der Waals surface area contributed by atoms with E-state index in [0.717, 1.165) is 12.8 Å². The zero-order valence-electron chi connectivity index (χ0n) is 11.1. The highest BCUT2D eigenvalue weighted by atomic mass is 16.4. The van der Waals surface area contributed by atoms with Crippen LogP contribution in [0.1, 0.15) is 35.7 Å². The molecule has 0 aliphatic heterocycles. The molecule has 1 saturated carbocycles. The van der Waals surface area contributed by atoms with Gasteiger partial charge in [-0.3, -0.25) is 0 Å². The van der Waals surface area contributed by atoms with E-state index >= 15 is 0 Å². The van der Waals surface area contributed by atoms with Crippen molar-refractivity contribution in [3.63, 3.8) is 0 Å². The zero-order valence-corrected chi connectivity index (χ0v) is 11.1. The van der Waals surface area contributed by atoms with E-state index in [-0.39, 0.29) is 17.6 Å². The zero-order chi connectivity index (χ0) is 14.0. The number of anilines is 1. The summed E-state index contributed by atoms with van der Waals surface area (Å²) < 4.78 is 0. The van der Waals surface area contributed by atoms with Crippen LogP contribution in [-0.4, -0.2) is 23.1 Å². The van der Waals surface area contributed by atoms with Crippen molar-refractivity contribution in [2.45, 2.75) is 32.7 Å². The van der Waals surface area contributed by atoms with Gasteiger partial charge in [-0.2, -0.15) is 0 Å². The number of hydrogen-bond donors (Lipinski definition) is 3. The van der Waals surface area contributed by atoms with Crippen molar-refractivity contribution in [2.24, 2.45) is 5.92 Å². The van der Waals surface area contributed by atoms with E-state index in [1.807, 2.05) is 0 Å². The Kier molecular flexibility index (Phi) is 3.74. The highest BCUT2D eigenvalue weighted by Crippen LogP contribution is 2.26. The number of carbonyl (C=O) groups is 2. The van der Waals surface area contributed by atoms with Crippen LogP contribution >= 0.6 is 0 Å². The molecular formula is C14H18N2O3. The van der Waals surface area contributed by atoms with E-state index in [0.29, 0.717) is 17.2 Å². The van der Waals surface area contributed by atoms with E-state index in [9.17, 15) is 9.59 Å². The second-order valence-electron chi connectivity index (χ2n) is 5.21. The number of benzene rings is 1. The standard InChI is InChI=1S/C14H18N2O3/c1-8-5-11(6-8)16-14(19)15-10-3-4-12(13(17)18)9(2)7-10/h3-4,7-8,11H,5-6H2,1-2H3,(H,17,18)(H2,15,16,19). The molecule has 3 N–H and O–H groups in total. The topological polar surface area (TPSA) is 78.4 Å². The molecule has 1 fully saturated rings. The maximum Gasteiger partial charge on any atom is 0.335 e. The summed E-state index contributed by atoms with van der Waals surface area (Å²) in [5.74, 6) is -0.278. The maximum absolute atomic E-state index is 11.7. The van der Waals surface area contributed by atoms with E-state index in [4.69, 9.17) is 5.11 Å². The van der Waals surface area contributed by atoms with Gasteiger partial charge in [-0.25, -0.2) is 9.59 Å². The molecule has 0 atom stereocenters. The fraction of sp³-hybridized carbons (Fsp3) is 0.429. The van der Waals surface area contributed by atoms with Crippen LogP contribution in [0.25, 0.3) is 0 Å². The predicted octanol–water partition coefficient (Wildman–Crippen LogP) is 2.61. The quantitative estimate of drug-likeness (QED) is 0.783. The van der Waals surface area contributed by atoms with Crippen LogP contribution < -0.4 is 10.6 Å². The molecule has 0 aromatic heterocycles. The van der Waals surface area contributed by atoms with Gasteiger partial charge in [0.15, 0.2) is 0 Å². The second-order valence-corrected chi connectivity index (χ2v) is 5.21. The van der Waals surface area contributed by atoms with E-state index < -0.39 is 5.97 Å². The van der Waals surface area contributed by atoms with E-state index in [1.54, 1.807) is 19.1 Å². The molecular weight excluding hydrogens is 244 g/mol. The minimum Gasteiger partial charge on any atom is -0.478 e. The van der Waals surface area contributed by atoms with Gasteiger partial charge in [-0.15, -0.1) is 0 Å². The number of hydrogen-bond acceptors (Lipinski definition) is 2. The first-order valence-electron chi connectivity index (χ1n) is 6.37. The second kappa shape index (κ2) is 5.30. The number of aromatic carboxylic acids is 1. The third-order valence-electron chi connectivity index (χ3n) is 3.42. The lowest BCUT2D eigenvalue weighted by Gasteiger charge is -2.33. The molecule has 0 radical (unpaired) electrons. The fourth-order valence-electron chi connectivity index (χ4n) is 2.35. The molecule has 2 rings (SSSR count). The third kappa shape index (κ3) is 3.24. The summed E-state index contributed by atoms with van der Waals surface area (Å²) in [5, 5.41) is 14.5. The first-order valence-corrected chi connectivity index (χ1v) is 6.37. The molecule has 1 aliphatic rings. The van der Waals surface area contributed by atoms with E-state index in [2.05, 4.69) is 17.6 Å². The van der Waals surface area contributed by atoms with Crippen molar-refractivity contribution in [1.82, 2.24) is 5.32 Å². The SMILES string of the molecule is Cc1cc(NC(=O)NC2CC(C)C2)ccc1C(=O)O. The molecule has 1 aliphatic carbocycles. The smallest absolute Gasteiger partial charge is 0.335 e. The Morgan fingerprint density at radius 2 is 2.00 bits per heavy atom. The van der Waals surface area contributed by atoms with Gasteiger partial charge in [0.1, 0.15) is 0 Å². The molecule has 102 valence electrons. The molecule has 5 nitrogen and oxygen atoms in total. The summed E-state index contributed by atoms with van der Waals surface area (Å²) in [5.41, 5.74) is 1.48. The maximum atomic E-state index is 11.7. The van der Waals surface area contributed by atoms with Gasteiger partial charge in [0.2, 0.25) is 0 Å². The van der Waals surface area contributed by atoms with Crippen molar-refractivity contribution in [2.75, 3.05) is 5.32 Å². The van der Waals surface area contributed by atoms with Crippen molar-refractivity contribution in [1.29, 1.82) is 0 Å². The van der Waals surface area contributed by atoms with Crippen molar-refractivity contribution >= 4 is 17.7 Å². The first-order chi connectivity index (χ1) is 8.95. The number of rotatable bonds is 3. The molecule has 0 saturated heterocycles. The summed E-state index contributed by atoms with van der Waals surface area (Å²) in [7, 11) is 0. The van der Waals surface area contributed by atoms with Crippen LogP contribution in [0.2, 0.25) is 0 Å². The molecule has 19 heavy (non-hydrogen) atoms. The molecule has 0 unspecified atom stereocenters. The summed E-state index contributed by atoms with van der Waals surface area (Å²) in [6, 6.07) is 4.78. The predicted molar refractivity (Wildman–Crippen MR) is 72.5 cm³/mol. The number of carboxylic acids is 1. The Hall–Kier alpha value is -2.04. The average Bonchev–Trinajstić information content (AvgIpc) is 2.26. The molecule has 0 bridgehead atoms. The summed E-state index contributed by atoms with van der Waals surface area (Å²) in [6.45, 7) is 3.87. The number of nitrogens with one attached hydrogen (secondary N) is 2. The van der Waals surface area contributed by atoms with Crippen LogP contribution in [0, 0.1) is 12.8 Å². The Morgan fingerprint density at radius 1 is 1.32 bits per heavy atom. The summed E-state index contributed by atoms with van der Waals surface area (Å²) in [4.78, 5) is 22.6. The van der Waals surface area contributed by atoms with Crippen molar-refractivity contribution in [3.8, 4) is 0 Å². The first kappa shape index (κ1) is 13.4. The summed E-state index contributed by atoms with van der Waals surface area (Å²) >= 11 is 0.